The van der Waals surface area contributed by atoms with Crippen molar-refractivity contribution in [2.24, 2.45) is 0 Å². The van der Waals surface area contributed by atoms with Crippen molar-refractivity contribution in [3.63, 3.8) is 0 Å². The van der Waals surface area contributed by atoms with Gasteiger partial charge in [-0.25, -0.2) is 0 Å². The topological polar surface area (TPSA) is 64.3 Å². The van der Waals surface area contributed by atoms with E-state index in [4.69, 9.17) is 10.5 Å². The van der Waals surface area contributed by atoms with Crippen LogP contribution in [0.5, 0.6) is 5.75 Å². The van der Waals surface area contributed by atoms with Crippen molar-refractivity contribution in [1.82, 2.24) is 0 Å². The molecule has 0 radical (unpaired) electrons. The molecule has 3 N–H and O–H groups in total. The molecule has 2 aromatic carbocycles. The molecule has 5 heteroatoms. The molecule has 0 aliphatic carbocycles. The number of amides is 1. The van der Waals surface area contributed by atoms with Crippen molar-refractivity contribution in [2.75, 3.05) is 17.7 Å². The lowest BCUT2D eigenvalue weighted by atomic mass is 10.2. The molecule has 0 aliphatic rings. The molecule has 0 aliphatic heterocycles. The highest BCUT2D eigenvalue weighted by molar-refractivity contribution is 9.10. The third kappa shape index (κ3) is 4.23. The maximum absolute atomic E-state index is 11.9. The van der Waals surface area contributed by atoms with Crippen LogP contribution < -0.4 is 15.8 Å². The van der Waals surface area contributed by atoms with Crippen LogP contribution in [0.2, 0.25) is 0 Å². The van der Waals surface area contributed by atoms with Crippen LogP contribution in [0.4, 0.5) is 11.4 Å². The van der Waals surface area contributed by atoms with Crippen LogP contribution in [0.25, 0.3) is 0 Å². The third-order valence-corrected chi connectivity index (χ3v) is 3.89. The number of benzene rings is 2. The van der Waals surface area contributed by atoms with Gasteiger partial charge in [-0.05, 0) is 61.4 Å². The highest BCUT2D eigenvalue weighted by atomic mass is 79.9. The summed E-state index contributed by atoms with van der Waals surface area (Å²) in [6, 6.07) is 11.0. The van der Waals surface area contributed by atoms with Crippen LogP contribution in [0.3, 0.4) is 0 Å². The second kappa shape index (κ2) is 6.63. The van der Waals surface area contributed by atoms with Gasteiger partial charge in [0.25, 0.3) is 5.91 Å². The maximum atomic E-state index is 11.9. The van der Waals surface area contributed by atoms with Crippen molar-refractivity contribution in [3.8, 4) is 5.75 Å². The summed E-state index contributed by atoms with van der Waals surface area (Å²) in [5.74, 6) is 0.458. The Balaban J connectivity index is 1.94. The number of halogens is 1. The molecule has 0 unspecified atom stereocenters. The largest absolute Gasteiger partial charge is 0.483 e. The highest BCUT2D eigenvalue weighted by Gasteiger charge is 2.06. The van der Waals surface area contributed by atoms with E-state index < -0.39 is 0 Å². The Morgan fingerprint density at radius 3 is 2.62 bits per heavy atom. The van der Waals surface area contributed by atoms with Gasteiger partial charge < -0.3 is 15.8 Å². The second-order valence-corrected chi connectivity index (χ2v) is 5.68. The van der Waals surface area contributed by atoms with Crippen molar-refractivity contribution >= 4 is 33.2 Å². The minimum atomic E-state index is -0.201. The first-order chi connectivity index (χ1) is 9.95. The van der Waals surface area contributed by atoms with Gasteiger partial charge in [0.15, 0.2) is 6.61 Å². The predicted octanol–water partition coefficient (Wildman–Crippen LogP) is 3.67. The summed E-state index contributed by atoms with van der Waals surface area (Å²) < 4.78 is 6.51. The number of hydrogen-bond acceptors (Lipinski definition) is 3. The van der Waals surface area contributed by atoms with E-state index in [2.05, 4.69) is 21.2 Å². The van der Waals surface area contributed by atoms with Crippen LogP contribution >= 0.6 is 15.9 Å². The van der Waals surface area contributed by atoms with Crippen molar-refractivity contribution in [1.29, 1.82) is 0 Å². The van der Waals surface area contributed by atoms with Crippen molar-refractivity contribution in [2.45, 2.75) is 13.8 Å². The van der Waals surface area contributed by atoms with E-state index in [1.54, 1.807) is 12.1 Å². The molecule has 0 bridgehead atoms. The number of nitrogens with two attached hydrogens (primary N) is 1. The highest BCUT2D eigenvalue weighted by Crippen LogP contribution is 2.21. The van der Waals surface area contributed by atoms with Gasteiger partial charge in [-0.1, -0.05) is 15.9 Å². The number of rotatable bonds is 4. The molecule has 0 saturated heterocycles. The molecule has 2 aromatic rings. The summed E-state index contributed by atoms with van der Waals surface area (Å²) in [5, 5.41) is 2.80. The first-order valence-corrected chi connectivity index (χ1v) is 7.30. The molecule has 4 nitrogen and oxygen atoms in total. The Morgan fingerprint density at radius 2 is 1.95 bits per heavy atom. The normalized spacial score (nSPS) is 10.2. The predicted molar refractivity (Wildman–Crippen MR) is 88.6 cm³/mol. The molecular weight excluding hydrogens is 332 g/mol. The lowest BCUT2D eigenvalue weighted by molar-refractivity contribution is -0.118. The van der Waals surface area contributed by atoms with E-state index in [1.165, 1.54) is 0 Å². The summed E-state index contributed by atoms with van der Waals surface area (Å²) in [6.07, 6.45) is 0. The zero-order valence-electron chi connectivity index (χ0n) is 11.9. The number of hydrogen-bond donors (Lipinski definition) is 2. The van der Waals surface area contributed by atoms with Gasteiger partial charge in [-0.15, -0.1) is 0 Å². The standard InChI is InChI=1S/C16H17BrN2O2/c1-10-8-13(4-5-14(10)17)19-16(20)9-21-15-6-3-12(18)7-11(15)2/h3-8H,9,18H2,1-2H3,(H,19,20). The lowest BCUT2D eigenvalue weighted by Gasteiger charge is -2.10. The van der Waals surface area contributed by atoms with E-state index in [1.807, 2.05) is 38.1 Å². The zero-order chi connectivity index (χ0) is 15.4. The second-order valence-electron chi connectivity index (χ2n) is 4.83. The molecule has 1 amide bonds. The minimum Gasteiger partial charge on any atom is -0.483 e. The van der Waals surface area contributed by atoms with E-state index in [0.717, 1.165) is 21.3 Å². The van der Waals surface area contributed by atoms with E-state index in [-0.39, 0.29) is 12.5 Å². The quantitative estimate of drug-likeness (QED) is 0.828. The molecule has 0 saturated carbocycles. The Bertz CT molecular complexity index is 671. The van der Waals surface area contributed by atoms with Gasteiger partial charge in [0.1, 0.15) is 5.75 Å². The van der Waals surface area contributed by atoms with E-state index >= 15 is 0 Å². The summed E-state index contributed by atoms with van der Waals surface area (Å²) >= 11 is 3.42. The van der Waals surface area contributed by atoms with Gasteiger partial charge >= 0.3 is 0 Å². The third-order valence-electron chi connectivity index (χ3n) is 3.00. The summed E-state index contributed by atoms with van der Waals surface area (Å²) in [7, 11) is 0. The summed E-state index contributed by atoms with van der Waals surface area (Å²) in [5.41, 5.74) is 9.06. The number of nitrogens with one attached hydrogen (secondary N) is 1. The fourth-order valence-corrected chi connectivity index (χ4v) is 2.14. The zero-order valence-corrected chi connectivity index (χ0v) is 13.5. The Kier molecular flexibility index (Phi) is 4.85. The lowest BCUT2D eigenvalue weighted by Crippen LogP contribution is -2.20. The molecule has 110 valence electrons. The molecule has 21 heavy (non-hydrogen) atoms. The van der Waals surface area contributed by atoms with Gasteiger partial charge in [0.2, 0.25) is 0 Å². The van der Waals surface area contributed by atoms with Gasteiger partial charge in [0, 0.05) is 15.8 Å². The monoisotopic (exact) mass is 348 g/mol. The average molecular weight is 349 g/mol. The van der Waals surface area contributed by atoms with Crippen LogP contribution in [0, 0.1) is 13.8 Å². The number of carbonyl (C=O) groups is 1. The van der Waals surface area contributed by atoms with Crippen LogP contribution in [0.1, 0.15) is 11.1 Å². The molecule has 0 fully saturated rings. The van der Waals surface area contributed by atoms with Crippen molar-refractivity contribution in [3.05, 3.63) is 52.0 Å². The average Bonchev–Trinajstić information content (AvgIpc) is 2.42. The van der Waals surface area contributed by atoms with Crippen LogP contribution in [-0.4, -0.2) is 12.5 Å². The Morgan fingerprint density at radius 1 is 1.19 bits per heavy atom. The number of aryl methyl sites for hydroxylation is 2. The molecule has 0 heterocycles. The van der Waals surface area contributed by atoms with Gasteiger partial charge in [-0.2, -0.15) is 0 Å². The fourth-order valence-electron chi connectivity index (χ4n) is 1.90. The molecular formula is C16H17BrN2O2. The molecule has 0 spiro atoms. The molecule has 2 rings (SSSR count). The van der Waals surface area contributed by atoms with Crippen LogP contribution in [0.15, 0.2) is 40.9 Å². The van der Waals surface area contributed by atoms with Crippen molar-refractivity contribution < 1.29 is 9.53 Å². The fraction of sp³-hybridized carbons (Fsp3) is 0.188. The van der Waals surface area contributed by atoms with Gasteiger partial charge in [0.05, 0.1) is 0 Å². The van der Waals surface area contributed by atoms with Gasteiger partial charge in [-0.3, -0.25) is 4.79 Å². The summed E-state index contributed by atoms with van der Waals surface area (Å²) in [6.45, 7) is 3.82. The van der Waals surface area contributed by atoms with E-state index in [9.17, 15) is 4.79 Å². The number of ether oxygens (including phenoxy) is 1. The van der Waals surface area contributed by atoms with Crippen LogP contribution in [-0.2, 0) is 4.79 Å². The first-order valence-electron chi connectivity index (χ1n) is 6.50. The Labute approximate surface area is 132 Å². The molecule has 0 atom stereocenters. The SMILES string of the molecule is Cc1cc(NC(=O)COc2ccc(N)cc2C)ccc1Br. The number of anilines is 2. The first kappa shape index (κ1) is 15.4. The smallest absolute Gasteiger partial charge is 0.262 e. The van der Waals surface area contributed by atoms with E-state index in [0.29, 0.717) is 11.4 Å². The molecule has 0 aromatic heterocycles. The number of nitrogen functional groups attached to an aromatic ring is 1. The Hall–Kier alpha value is -2.01. The summed E-state index contributed by atoms with van der Waals surface area (Å²) in [4.78, 5) is 11.9. The maximum Gasteiger partial charge on any atom is 0.262 e. The number of carbonyl (C=O) groups excluding carboxylic acids is 1. The minimum absolute atomic E-state index is 0.0418.